The van der Waals surface area contributed by atoms with Crippen molar-refractivity contribution in [1.82, 2.24) is 10.6 Å². The highest BCUT2D eigenvalue weighted by Crippen LogP contribution is 2.17. The fourth-order valence-electron chi connectivity index (χ4n) is 1.89. The highest BCUT2D eigenvalue weighted by molar-refractivity contribution is 5.74. The zero-order chi connectivity index (χ0) is 17.3. The monoisotopic (exact) mass is 334 g/mol. The van der Waals surface area contributed by atoms with E-state index in [2.05, 4.69) is 15.4 Å². The predicted molar refractivity (Wildman–Crippen MR) is 79.6 cm³/mol. The van der Waals surface area contributed by atoms with Gasteiger partial charge in [-0.1, -0.05) is 18.2 Å². The van der Waals surface area contributed by atoms with Crippen molar-refractivity contribution in [2.75, 3.05) is 26.9 Å². The van der Waals surface area contributed by atoms with E-state index in [1.54, 1.807) is 14.0 Å². The summed E-state index contributed by atoms with van der Waals surface area (Å²) in [7, 11) is 1.57. The molecule has 1 rings (SSSR count). The molecule has 0 heterocycles. The maximum atomic E-state index is 11.9. The predicted octanol–water partition coefficient (Wildman–Crippen LogP) is 2.50. The van der Waals surface area contributed by atoms with Gasteiger partial charge in [0.1, 0.15) is 12.4 Å². The van der Waals surface area contributed by atoms with Crippen LogP contribution in [-0.4, -0.2) is 45.1 Å². The van der Waals surface area contributed by atoms with Crippen LogP contribution in [0.3, 0.4) is 0 Å². The fourth-order valence-corrected chi connectivity index (χ4v) is 1.89. The minimum atomic E-state index is -4.36. The van der Waals surface area contributed by atoms with Crippen LogP contribution < -0.4 is 15.4 Å². The number of halogens is 3. The lowest BCUT2D eigenvalue weighted by Gasteiger charge is -2.16. The van der Waals surface area contributed by atoms with Crippen LogP contribution in [-0.2, 0) is 11.2 Å². The summed E-state index contributed by atoms with van der Waals surface area (Å²) in [6, 6.07) is 6.47. The van der Waals surface area contributed by atoms with E-state index in [0.717, 1.165) is 11.3 Å². The summed E-state index contributed by atoms with van der Waals surface area (Å²) in [6.07, 6.45) is -3.78. The SMILES string of the molecule is COc1ccccc1CCNC(=O)N[C@H](C)COCC(F)(F)F. The number of nitrogens with one attached hydrogen (secondary N) is 2. The number of benzene rings is 1. The molecule has 0 aliphatic rings. The number of alkyl halides is 3. The second kappa shape index (κ2) is 9.24. The first-order chi connectivity index (χ1) is 10.8. The zero-order valence-corrected chi connectivity index (χ0v) is 13.1. The first kappa shape index (κ1) is 19.1. The van der Waals surface area contributed by atoms with Crippen LogP contribution in [0.2, 0.25) is 0 Å². The first-order valence-corrected chi connectivity index (χ1v) is 7.12. The summed E-state index contributed by atoms with van der Waals surface area (Å²) in [5.41, 5.74) is 0.955. The van der Waals surface area contributed by atoms with Gasteiger partial charge in [-0.05, 0) is 25.0 Å². The summed E-state index contributed by atoms with van der Waals surface area (Å²) in [5, 5.41) is 5.14. The summed E-state index contributed by atoms with van der Waals surface area (Å²) in [5.74, 6) is 0.739. The lowest BCUT2D eigenvalue weighted by Crippen LogP contribution is -2.43. The van der Waals surface area contributed by atoms with Crippen LogP contribution in [0.5, 0.6) is 5.75 Å². The molecule has 23 heavy (non-hydrogen) atoms. The van der Waals surface area contributed by atoms with Crippen molar-refractivity contribution in [3.05, 3.63) is 29.8 Å². The first-order valence-electron chi connectivity index (χ1n) is 7.12. The Morgan fingerprint density at radius 1 is 1.30 bits per heavy atom. The normalized spacial score (nSPS) is 12.6. The Balaban J connectivity index is 2.23. The van der Waals surface area contributed by atoms with E-state index >= 15 is 0 Å². The molecule has 1 aromatic carbocycles. The number of carbonyl (C=O) groups is 1. The number of hydrogen-bond donors (Lipinski definition) is 2. The minimum Gasteiger partial charge on any atom is -0.496 e. The molecule has 0 fully saturated rings. The van der Waals surface area contributed by atoms with Gasteiger partial charge in [-0.2, -0.15) is 13.2 Å². The highest BCUT2D eigenvalue weighted by atomic mass is 19.4. The molecule has 5 nitrogen and oxygen atoms in total. The van der Waals surface area contributed by atoms with E-state index in [0.29, 0.717) is 13.0 Å². The largest absolute Gasteiger partial charge is 0.496 e. The second-order valence-electron chi connectivity index (χ2n) is 4.99. The molecule has 0 saturated heterocycles. The molecule has 2 N–H and O–H groups in total. The van der Waals surface area contributed by atoms with Crippen molar-refractivity contribution in [3.8, 4) is 5.75 Å². The topological polar surface area (TPSA) is 59.6 Å². The smallest absolute Gasteiger partial charge is 0.411 e. The Bertz CT molecular complexity index is 495. The Morgan fingerprint density at radius 2 is 2.00 bits per heavy atom. The Morgan fingerprint density at radius 3 is 2.65 bits per heavy atom. The molecule has 0 aliphatic carbocycles. The molecule has 1 atom stereocenters. The number of carbonyl (C=O) groups excluding carboxylic acids is 1. The molecule has 130 valence electrons. The van der Waals surface area contributed by atoms with Gasteiger partial charge in [0.15, 0.2) is 0 Å². The Kier molecular flexibility index (Phi) is 7.67. The van der Waals surface area contributed by atoms with Gasteiger partial charge in [0, 0.05) is 6.54 Å². The highest BCUT2D eigenvalue weighted by Gasteiger charge is 2.27. The van der Waals surface area contributed by atoms with Crippen LogP contribution in [0.15, 0.2) is 24.3 Å². The van der Waals surface area contributed by atoms with Gasteiger partial charge in [0.25, 0.3) is 0 Å². The van der Waals surface area contributed by atoms with E-state index in [1.807, 2.05) is 24.3 Å². The summed E-state index contributed by atoms with van der Waals surface area (Å²) in [6.45, 7) is 0.409. The third-order valence-corrected chi connectivity index (χ3v) is 2.88. The number of rotatable bonds is 8. The van der Waals surface area contributed by atoms with Crippen LogP contribution in [0, 0.1) is 0 Å². The molecule has 0 radical (unpaired) electrons. The average Bonchev–Trinajstić information content (AvgIpc) is 2.46. The molecule has 0 saturated carbocycles. The van der Waals surface area contributed by atoms with Gasteiger partial charge in [-0.3, -0.25) is 0 Å². The van der Waals surface area contributed by atoms with Gasteiger partial charge in [0.2, 0.25) is 0 Å². The molecule has 0 spiro atoms. The van der Waals surface area contributed by atoms with Gasteiger partial charge in [-0.15, -0.1) is 0 Å². The van der Waals surface area contributed by atoms with E-state index in [4.69, 9.17) is 4.74 Å². The number of hydrogen-bond acceptors (Lipinski definition) is 3. The third-order valence-electron chi connectivity index (χ3n) is 2.88. The molecule has 0 aromatic heterocycles. The van der Waals surface area contributed by atoms with Crippen LogP contribution in [0.1, 0.15) is 12.5 Å². The maximum Gasteiger partial charge on any atom is 0.411 e. The number of methoxy groups -OCH3 is 1. The Hall–Kier alpha value is -1.96. The van der Waals surface area contributed by atoms with Crippen molar-refractivity contribution in [2.24, 2.45) is 0 Å². The van der Waals surface area contributed by atoms with E-state index in [1.165, 1.54) is 0 Å². The van der Waals surface area contributed by atoms with Gasteiger partial charge in [0.05, 0.1) is 19.8 Å². The van der Waals surface area contributed by atoms with E-state index in [9.17, 15) is 18.0 Å². The average molecular weight is 334 g/mol. The second-order valence-corrected chi connectivity index (χ2v) is 4.99. The van der Waals surface area contributed by atoms with Crippen molar-refractivity contribution in [1.29, 1.82) is 0 Å². The molecule has 2 amide bonds. The molecule has 0 unspecified atom stereocenters. The third kappa shape index (κ3) is 8.29. The number of ether oxygens (including phenoxy) is 2. The zero-order valence-electron chi connectivity index (χ0n) is 13.1. The molecule has 0 bridgehead atoms. The van der Waals surface area contributed by atoms with Crippen molar-refractivity contribution < 1.29 is 27.4 Å². The Labute approximate surface area is 133 Å². The van der Waals surface area contributed by atoms with E-state index < -0.39 is 24.9 Å². The summed E-state index contributed by atoms with van der Waals surface area (Å²) >= 11 is 0. The van der Waals surface area contributed by atoms with Crippen molar-refractivity contribution in [2.45, 2.75) is 25.6 Å². The molecular formula is C15H21F3N2O3. The summed E-state index contributed by atoms with van der Waals surface area (Å²) < 4.78 is 45.5. The van der Waals surface area contributed by atoms with E-state index in [-0.39, 0.29) is 6.61 Å². The molecule has 0 aliphatic heterocycles. The van der Waals surface area contributed by atoms with Crippen LogP contribution >= 0.6 is 0 Å². The summed E-state index contributed by atoms with van der Waals surface area (Å²) in [4.78, 5) is 11.6. The number of amides is 2. The number of urea groups is 1. The van der Waals surface area contributed by atoms with Crippen LogP contribution in [0.25, 0.3) is 0 Å². The van der Waals surface area contributed by atoms with Crippen molar-refractivity contribution in [3.63, 3.8) is 0 Å². The fraction of sp³-hybridized carbons (Fsp3) is 0.533. The quantitative estimate of drug-likeness (QED) is 0.768. The number of para-hydroxylation sites is 1. The maximum absolute atomic E-state index is 11.9. The van der Waals surface area contributed by atoms with Gasteiger partial charge >= 0.3 is 12.2 Å². The lowest BCUT2D eigenvalue weighted by atomic mass is 10.1. The lowest BCUT2D eigenvalue weighted by molar-refractivity contribution is -0.174. The van der Waals surface area contributed by atoms with Crippen LogP contribution in [0.4, 0.5) is 18.0 Å². The minimum absolute atomic E-state index is 0.209. The standard InChI is InChI=1S/C15H21F3N2O3/c1-11(9-23-10-15(16,17)18)20-14(21)19-8-7-12-5-3-4-6-13(12)22-2/h3-6,11H,7-10H2,1-2H3,(H2,19,20,21)/t11-/m1/s1. The molecular weight excluding hydrogens is 313 g/mol. The van der Waals surface area contributed by atoms with Gasteiger partial charge in [-0.25, -0.2) is 4.79 Å². The van der Waals surface area contributed by atoms with Crippen molar-refractivity contribution >= 4 is 6.03 Å². The molecule has 1 aromatic rings. The molecule has 8 heteroatoms. The van der Waals surface area contributed by atoms with Gasteiger partial charge < -0.3 is 20.1 Å².